The topological polar surface area (TPSA) is 127 Å². The maximum atomic E-state index is 11.3. The molecule has 0 aliphatic heterocycles. The van der Waals surface area contributed by atoms with Crippen LogP contribution in [0.3, 0.4) is 0 Å². The van der Waals surface area contributed by atoms with Crippen molar-refractivity contribution >= 4 is 0 Å². The quantitative estimate of drug-likeness (QED) is 0.475. The van der Waals surface area contributed by atoms with Gasteiger partial charge in [-0.15, -0.1) is 0 Å². The van der Waals surface area contributed by atoms with Crippen LogP contribution in [0.15, 0.2) is 14.4 Å². The Morgan fingerprint density at radius 1 is 0.667 bits per heavy atom. The average molecular weight is 219 g/mol. The molecule has 0 atom stereocenters. The number of hydrogen-bond acceptors (Lipinski definition) is 6. The van der Waals surface area contributed by atoms with Gasteiger partial charge in [0, 0.05) is 0 Å². The van der Waals surface area contributed by atoms with Gasteiger partial charge in [-0.2, -0.15) is 0 Å². The Kier molecular flexibility index (Phi) is 3.19. The van der Waals surface area contributed by atoms with Crippen molar-refractivity contribution in [3.63, 3.8) is 0 Å². The van der Waals surface area contributed by atoms with Crippen LogP contribution in [-0.2, 0) is 20.2 Å². The van der Waals surface area contributed by atoms with Crippen molar-refractivity contribution in [3.8, 4) is 0 Å². The van der Waals surface area contributed by atoms with Gasteiger partial charge in [0.25, 0.3) is 0 Å². The van der Waals surface area contributed by atoms with E-state index < -0.39 is 37.3 Å². The highest BCUT2D eigenvalue weighted by atomic mass is 16.3. The van der Waals surface area contributed by atoms with Crippen LogP contribution in [-0.4, -0.2) is 29.0 Å². The van der Waals surface area contributed by atoms with Crippen LogP contribution in [0.4, 0.5) is 0 Å². The van der Waals surface area contributed by atoms with Crippen molar-refractivity contribution in [2.75, 3.05) is 0 Å². The molecule has 1 aromatic rings. The molecule has 84 valence electrons. The first kappa shape index (κ1) is 11.4. The van der Waals surface area contributed by atoms with Crippen molar-refractivity contribution in [2.24, 2.45) is 0 Å². The molecule has 0 aliphatic carbocycles. The first-order chi connectivity index (χ1) is 7.08. The fourth-order valence-corrected chi connectivity index (χ4v) is 1.05. The Morgan fingerprint density at radius 2 is 0.867 bits per heavy atom. The van der Waals surface area contributed by atoms with E-state index in [4.69, 9.17) is 15.3 Å². The van der Waals surface area contributed by atoms with Gasteiger partial charge >= 0.3 is 17.1 Å². The van der Waals surface area contributed by atoms with Crippen LogP contribution >= 0.6 is 0 Å². The summed E-state index contributed by atoms with van der Waals surface area (Å²) in [5.41, 5.74) is -3.42. The molecule has 0 aliphatic rings. The largest absolute Gasteiger partial charge is 0.376 e. The fourth-order valence-electron chi connectivity index (χ4n) is 1.05. The predicted molar refractivity (Wildman–Crippen MR) is 45.9 cm³/mol. The summed E-state index contributed by atoms with van der Waals surface area (Å²) in [4.78, 5) is 33.8. The molecular weight excluding hydrogens is 210 g/mol. The average Bonchev–Trinajstić information content (AvgIpc) is 2.19. The fraction of sp³-hybridized carbons (Fsp3) is 0.500. The number of rotatable bonds is 3. The second-order valence-electron chi connectivity index (χ2n) is 2.56. The van der Waals surface area contributed by atoms with E-state index in [1.54, 1.807) is 0 Å². The number of nitrogens with zero attached hydrogens (tertiary/aromatic N) is 3. The smallest absolute Gasteiger partial charge is 0.340 e. The molecule has 0 saturated heterocycles. The molecule has 3 N–H and O–H groups in total. The van der Waals surface area contributed by atoms with E-state index in [0.29, 0.717) is 13.7 Å². The number of aliphatic hydroxyl groups is 3. The molecule has 1 aromatic heterocycles. The number of aromatic nitrogens is 3. The monoisotopic (exact) mass is 219 g/mol. The lowest BCUT2D eigenvalue weighted by Crippen LogP contribution is -2.54. The molecule has 0 aromatic carbocycles. The minimum absolute atomic E-state index is 0.299. The van der Waals surface area contributed by atoms with Gasteiger partial charge in [-0.05, 0) is 0 Å². The molecule has 9 heteroatoms. The lowest BCUT2D eigenvalue weighted by molar-refractivity contribution is 0.139. The minimum atomic E-state index is -1.14. The van der Waals surface area contributed by atoms with Crippen molar-refractivity contribution in [1.29, 1.82) is 0 Å². The van der Waals surface area contributed by atoms with Gasteiger partial charge in [0.2, 0.25) is 0 Å². The Hall–Kier alpha value is -1.71. The van der Waals surface area contributed by atoms with Crippen molar-refractivity contribution in [2.45, 2.75) is 20.2 Å². The maximum Gasteiger partial charge on any atom is 0.340 e. The molecule has 0 radical (unpaired) electrons. The van der Waals surface area contributed by atoms with E-state index in [9.17, 15) is 14.4 Å². The van der Waals surface area contributed by atoms with Crippen LogP contribution in [0.1, 0.15) is 0 Å². The molecular formula is C6H9N3O6. The van der Waals surface area contributed by atoms with Gasteiger partial charge in [0.1, 0.15) is 20.2 Å². The summed E-state index contributed by atoms with van der Waals surface area (Å²) in [5.74, 6) is 0. The van der Waals surface area contributed by atoms with Gasteiger partial charge in [0.05, 0.1) is 0 Å². The first-order valence-electron chi connectivity index (χ1n) is 3.85. The molecule has 0 saturated carbocycles. The van der Waals surface area contributed by atoms with Gasteiger partial charge < -0.3 is 15.3 Å². The van der Waals surface area contributed by atoms with Crippen LogP contribution in [0.25, 0.3) is 0 Å². The third kappa shape index (κ3) is 1.63. The highest BCUT2D eigenvalue weighted by Crippen LogP contribution is 1.71. The highest BCUT2D eigenvalue weighted by Gasteiger charge is 2.12. The summed E-state index contributed by atoms with van der Waals surface area (Å²) in [6.07, 6.45) is 0. The molecule has 15 heavy (non-hydrogen) atoms. The van der Waals surface area contributed by atoms with Gasteiger partial charge in [-0.3, -0.25) is 0 Å². The summed E-state index contributed by atoms with van der Waals surface area (Å²) in [6.45, 7) is -2.84. The Labute approximate surface area is 81.7 Å². The Bertz CT molecular complexity index is 417. The molecule has 0 spiro atoms. The molecule has 1 rings (SSSR count). The van der Waals surface area contributed by atoms with E-state index in [1.165, 1.54) is 0 Å². The maximum absolute atomic E-state index is 11.3. The summed E-state index contributed by atoms with van der Waals surface area (Å²) in [6, 6.07) is 0. The molecule has 0 unspecified atom stereocenters. The SMILES string of the molecule is O=c1n(CO)c(=O)n(CO)c(=O)n1CO. The lowest BCUT2D eigenvalue weighted by atomic mass is 10.8. The lowest BCUT2D eigenvalue weighted by Gasteiger charge is -2.08. The zero-order chi connectivity index (χ0) is 11.6. The molecule has 0 fully saturated rings. The normalized spacial score (nSPS) is 10.6. The highest BCUT2D eigenvalue weighted by molar-refractivity contribution is 4.76. The van der Waals surface area contributed by atoms with E-state index >= 15 is 0 Å². The van der Waals surface area contributed by atoms with E-state index in [-0.39, 0.29) is 0 Å². The van der Waals surface area contributed by atoms with E-state index in [1.807, 2.05) is 0 Å². The van der Waals surface area contributed by atoms with Crippen LogP contribution in [0.2, 0.25) is 0 Å². The molecule has 9 nitrogen and oxygen atoms in total. The van der Waals surface area contributed by atoms with Crippen molar-refractivity contribution in [3.05, 3.63) is 31.5 Å². The number of aliphatic hydroxyl groups excluding tert-OH is 3. The van der Waals surface area contributed by atoms with Crippen molar-refractivity contribution < 1.29 is 15.3 Å². The van der Waals surface area contributed by atoms with Crippen LogP contribution < -0.4 is 17.1 Å². The molecule has 0 bridgehead atoms. The third-order valence-electron chi connectivity index (χ3n) is 1.81. The zero-order valence-corrected chi connectivity index (χ0v) is 7.53. The zero-order valence-electron chi connectivity index (χ0n) is 7.53. The Morgan fingerprint density at radius 3 is 1.00 bits per heavy atom. The number of hydrogen-bond donors (Lipinski definition) is 3. The summed E-state index contributed by atoms with van der Waals surface area (Å²) < 4.78 is 0.898. The van der Waals surface area contributed by atoms with Crippen molar-refractivity contribution in [1.82, 2.24) is 13.7 Å². The predicted octanol–water partition coefficient (Wildman–Crippen LogP) is -3.98. The summed E-state index contributed by atoms with van der Waals surface area (Å²) in [7, 11) is 0. The summed E-state index contributed by atoms with van der Waals surface area (Å²) in [5, 5.41) is 26.1. The van der Waals surface area contributed by atoms with Crippen LogP contribution in [0, 0.1) is 0 Å². The van der Waals surface area contributed by atoms with Crippen LogP contribution in [0.5, 0.6) is 0 Å². The molecule has 0 amide bonds. The second kappa shape index (κ2) is 4.21. The standard InChI is InChI=1S/C6H9N3O6/c10-1-7-4(13)8(2-11)6(15)9(3-12)5(7)14/h10-12H,1-3H2. The third-order valence-corrected chi connectivity index (χ3v) is 1.81. The Balaban J connectivity index is 3.82. The van der Waals surface area contributed by atoms with E-state index in [2.05, 4.69) is 0 Å². The van der Waals surface area contributed by atoms with E-state index in [0.717, 1.165) is 0 Å². The first-order valence-corrected chi connectivity index (χ1v) is 3.85. The second-order valence-corrected chi connectivity index (χ2v) is 2.56. The van der Waals surface area contributed by atoms with Gasteiger partial charge in [-0.25, -0.2) is 28.1 Å². The van der Waals surface area contributed by atoms with Gasteiger partial charge in [0.15, 0.2) is 0 Å². The minimum Gasteiger partial charge on any atom is -0.376 e. The summed E-state index contributed by atoms with van der Waals surface area (Å²) >= 11 is 0. The molecule has 1 heterocycles. The van der Waals surface area contributed by atoms with Gasteiger partial charge in [-0.1, -0.05) is 0 Å².